The molecule has 0 aromatic heterocycles. The molecule has 0 atom stereocenters. The molecule has 2 nitrogen and oxygen atoms in total. The van der Waals surface area contributed by atoms with Gasteiger partial charge in [-0.1, -0.05) is 40.9 Å². The highest BCUT2D eigenvalue weighted by Crippen LogP contribution is 2.24. The van der Waals surface area contributed by atoms with Crippen molar-refractivity contribution in [3.05, 3.63) is 34.3 Å². The molecule has 2 aliphatic rings. The molecule has 1 saturated heterocycles. The summed E-state index contributed by atoms with van der Waals surface area (Å²) >= 11 is 3.55. The van der Waals surface area contributed by atoms with Gasteiger partial charge in [0.15, 0.2) is 0 Å². The van der Waals surface area contributed by atoms with Crippen LogP contribution in [0.5, 0.6) is 0 Å². The summed E-state index contributed by atoms with van der Waals surface area (Å²) in [7, 11) is 0. The number of hydrogen-bond donors (Lipinski definition) is 0. The molecule has 0 radical (unpaired) electrons. The monoisotopic (exact) mass is 322 g/mol. The standard InChI is InChI=1S/C16H23BrN2/c17-15-5-3-4-14(12-15)13-18-8-10-19(11-9-18)16-6-1-2-7-16/h3-5,12,16H,1-2,6-11,13H2. The molecule has 19 heavy (non-hydrogen) atoms. The summed E-state index contributed by atoms with van der Waals surface area (Å²) < 4.78 is 1.19. The maximum Gasteiger partial charge on any atom is 0.0235 e. The number of rotatable bonds is 3. The van der Waals surface area contributed by atoms with Gasteiger partial charge < -0.3 is 0 Å². The molecule has 0 amide bonds. The van der Waals surface area contributed by atoms with Gasteiger partial charge in [-0.3, -0.25) is 9.80 Å². The van der Waals surface area contributed by atoms with E-state index in [-0.39, 0.29) is 0 Å². The van der Waals surface area contributed by atoms with Crippen molar-refractivity contribution < 1.29 is 0 Å². The predicted molar refractivity (Wildman–Crippen MR) is 83.2 cm³/mol. The summed E-state index contributed by atoms with van der Waals surface area (Å²) in [4.78, 5) is 5.32. The molecule has 1 aromatic carbocycles. The summed E-state index contributed by atoms with van der Waals surface area (Å²) in [5.41, 5.74) is 1.42. The minimum absolute atomic E-state index is 0.896. The molecule has 1 aliphatic heterocycles. The van der Waals surface area contributed by atoms with E-state index in [1.165, 1.54) is 61.9 Å². The summed E-state index contributed by atoms with van der Waals surface area (Å²) in [6.07, 6.45) is 5.77. The average Bonchev–Trinajstić information content (AvgIpc) is 2.94. The quantitative estimate of drug-likeness (QED) is 0.840. The van der Waals surface area contributed by atoms with Crippen LogP contribution in [0.2, 0.25) is 0 Å². The molecule has 0 spiro atoms. The molecule has 1 aromatic rings. The Balaban J connectivity index is 1.50. The lowest BCUT2D eigenvalue weighted by atomic mass is 10.1. The first-order chi connectivity index (χ1) is 9.31. The Morgan fingerprint density at radius 2 is 1.79 bits per heavy atom. The Kier molecular flexibility index (Phi) is 4.57. The van der Waals surface area contributed by atoms with E-state index < -0.39 is 0 Å². The minimum atomic E-state index is 0.896. The highest BCUT2D eigenvalue weighted by atomic mass is 79.9. The lowest BCUT2D eigenvalue weighted by Gasteiger charge is -2.38. The van der Waals surface area contributed by atoms with Crippen molar-refractivity contribution >= 4 is 15.9 Å². The second-order valence-electron chi connectivity index (χ2n) is 5.88. The summed E-state index contributed by atoms with van der Waals surface area (Å²) in [5, 5.41) is 0. The van der Waals surface area contributed by atoms with Gasteiger partial charge in [-0.15, -0.1) is 0 Å². The molecule has 0 unspecified atom stereocenters. The normalized spacial score (nSPS) is 23.0. The number of nitrogens with zero attached hydrogens (tertiary/aromatic N) is 2. The Bertz CT molecular complexity index is 407. The van der Waals surface area contributed by atoms with Crippen LogP contribution in [0.1, 0.15) is 31.2 Å². The smallest absolute Gasteiger partial charge is 0.0235 e. The van der Waals surface area contributed by atoms with E-state index in [4.69, 9.17) is 0 Å². The predicted octanol–water partition coefficient (Wildman–Crippen LogP) is 3.51. The van der Waals surface area contributed by atoms with E-state index >= 15 is 0 Å². The number of piperazine rings is 1. The second-order valence-corrected chi connectivity index (χ2v) is 6.80. The van der Waals surface area contributed by atoms with E-state index in [0.717, 1.165) is 12.6 Å². The lowest BCUT2D eigenvalue weighted by molar-refractivity contribution is 0.0937. The zero-order chi connectivity index (χ0) is 13.1. The lowest BCUT2D eigenvalue weighted by Crippen LogP contribution is -2.49. The van der Waals surface area contributed by atoms with Crippen molar-refractivity contribution in [2.75, 3.05) is 26.2 Å². The van der Waals surface area contributed by atoms with Crippen LogP contribution in [-0.2, 0) is 6.54 Å². The first-order valence-electron chi connectivity index (χ1n) is 7.52. The summed E-state index contributed by atoms with van der Waals surface area (Å²) in [6, 6.07) is 9.60. The Hall–Kier alpha value is -0.380. The summed E-state index contributed by atoms with van der Waals surface area (Å²) in [6.45, 7) is 6.07. The van der Waals surface area contributed by atoms with Crippen molar-refractivity contribution in [1.82, 2.24) is 9.80 Å². The number of benzene rings is 1. The van der Waals surface area contributed by atoms with Crippen LogP contribution in [0.15, 0.2) is 28.7 Å². The third-order valence-corrected chi connectivity index (χ3v) is 5.04. The van der Waals surface area contributed by atoms with E-state index in [0.29, 0.717) is 0 Å². The fourth-order valence-corrected chi connectivity index (χ4v) is 3.90. The number of halogens is 1. The van der Waals surface area contributed by atoms with Gasteiger partial charge in [-0.25, -0.2) is 0 Å². The van der Waals surface area contributed by atoms with Crippen LogP contribution in [-0.4, -0.2) is 42.0 Å². The van der Waals surface area contributed by atoms with Crippen molar-refractivity contribution in [2.24, 2.45) is 0 Å². The zero-order valence-electron chi connectivity index (χ0n) is 11.5. The van der Waals surface area contributed by atoms with Crippen molar-refractivity contribution in [2.45, 2.75) is 38.3 Å². The van der Waals surface area contributed by atoms with Gasteiger partial charge in [-0.2, -0.15) is 0 Å². The van der Waals surface area contributed by atoms with E-state index in [1.807, 2.05) is 0 Å². The second kappa shape index (κ2) is 6.38. The van der Waals surface area contributed by atoms with Crippen molar-refractivity contribution in [3.63, 3.8) is 0 Å². The molecule has 3 rings (SSSR count). The van der Waals surface area contributed by atoms with Gasteiger partial charge in [0.25, 0.3) is 0 Å². The number of hydrogen-bond acceptors (Lipinski definition) is 2. The van der Waals surface area contributed by atoms with Crippen LogP contribution in [0, 0.1) is 0 Å². The fraction of sp³-hybridized carbons (Fsp3) is 0.625. The zero-order valence-corrected chi connectivity index (χ0v) is 13.1. The van der Waals surface area contributed by atoms with Crippen LogP contribution in [0.3, 0.4) is 0 Å². The van der Waals surface area contributed by atoms with Gasteiger partial charge >= 0.3 is 0 Å². The van der Waals surface area contributed by atoms with E-state index in [9.17, 15) is 0 Å². The first kappa shape index (κ1) is 13.6. The maximum absolute atomic E-state index is 3.55. The molecular weight excluding hydrogens is 300 g/mol. The molecule has 1 saturated carbocycles. The SMILES string of the molecule is Brc1cccc(CN2CCN(C3CCCC3)CC2)c1. The maximum atomic E-state index is 3.55. The van der Waals surface area contributed by atoms with Crippen LogP contribution < -0.4 is 0 Å². The molecule has 0 bridgehead atoms. The van der Waals surface area contributed by atoms with Gasteiger partial charge in [0, 0.05) is 43.2 Å². The third-order valence-electron chi connectivity index (χ3n) is 4.54. The van der Waals surface area contributed by atoms with E-state index in [2.05, 4.69) is 50.0 Å². The minimum Gasteiger partial charge on any atom is -0.298 e. The molecular formula is C16H23BrN2. The van der Waals surface area contributed by atoms with Gasteiger partial charge in [0.2, 0.25) is 0 Å². The third kappa shape index (κ3) is 3.59. The van der Waals surface area contributed by atoms with E-state index in [1.54, 1.807) is 0 Å². The highest BCUT2D eigenvalue weighted by molar-refractivity contribution is 9.10. The first-order valence-corrected chi connectivity index (χ1v) is 8.31. The van der Waals surface area contributed by atoms with Crippen LogP contribution in [0.4, 0.5) is 0 Å². The molecule has 0 N–H and O–H groups in total. The average molecular weight is 323 g/mol. The Morgan fingerprint density at radius 1 is 1.05 bits per heavy atom. The van der Waals surface area contributed by atoms with Gasteiger partial charge in [0.1, 0.15) is 0 Å². The molecule has 1 aliphatic carbocycles. The molecule has 1 heterocycles. The Labute approximate surface area is 124 Å². The highest BCUT2D eigenvalue weighted by Gasteiger charge is 2.25. The Morgan fingerprint density at radius 3 is 2.47 bits per heavy atom. The van der Waals surface area contributed by atoms with Gasteiger partial charge in [0.05, 0.1) is 0 Å². The van der Waals surface area contributed by atoms with Crippen LogP contribution >= 0.6 is 15.9 Å². The molecule has 104 valence electrons. The largest absolute Gasteiger partial charge is 0.298 e. The fourth-order valence-electron chi connectivity index (χ4n) is 3.45. The topological polar surface area (TPSA) is 6.48 Å². The van der Waals surface area contributed by atoms with Crippen molar-refractivity contribution in [1.29, 1.82) is 0 Å². The van der Waals surface area contributed by atoms with Crippen LogP contribution in [0.25, 0.3) is 0 Å². The molecule has 3 heteroatoms. The van der Waals surface area contributed by atoms with Crippen molar-refractivity contribution in [3.8, 4) is 0 Å². The molecule has 2 fully saturated rings. The summed E-state index contributed by atoms with van der Waals surface area (Å²) in [5.74, 6) is 0. The van der Waals surface area contributed by atoms with Gasteiger partial charge in [-0.05, 0) is 30.5 Å².